The van der Waals surface area contributed by atoms with Gasteiger partial charge in [0, 0.05) is 12.8 Å². The van der Waals surface area contributed by atoms with Gasteiger partial charge >= 0.3 is 0 Å². The first-order valence-corrected chi connectivity index (χ1v) is 11.7. The van der Waals surface area contributed by atoms with Gasteiger partial charge in [0.1, 0.15) is 0 Å². The fourth-order valence-electron chi connectivity index (χ4n) is 1.06. The van der Waals surface area contributed by atoms with Crippen LogP contribution in [0.4, 0.5) is 0 Å². The Morgan fingerprint density at radius 1 is 0.333 bits per heavy atom. The second-order valence-electron chi connectivity index (χ2n) is 4.75. The van der Waals surface area contributed by atoms with Gasteiger partial charge in [-0.25, -0.2) is 0 Å². The van der Waals surface area contributed by atoms with Crippen molar-refractivity contribution in [1.82, 2.24) is 0 Å². The molecule has 0 atom stereocenters. The fraction of sp³-hybridized carbons (Fsp3) is 0.231. The van der Waals surface area contributed by atoms with Crippen molar-refractivity contribution in [3.05, 3.63) is 0 Å². The molecule has 0 heteroatoms. The summed E-state index contributed by atoms with van der Waals surface area (Å²) in [6.07, 6.45) is 12.5. The van der Waals surface area contributed by atoms with Gasteiger partial charge in [-0.2, -0.15) is 0 Å². The quantitative estimate of drug-likeness (QED) is 0.470. The molecule has 0 amide bonds. The van der Waals surface area contributed by atoms with Crippen LogP contribution in [0.2, 0.25) is 0 Å². The molecule has 0 aromatic rings. The SMILES string of the molecule is C#CC#CC#CC#CC#CC#CC#CC#CCC.C#CC#CC#CC#CC#CC#CC#CCCC.CC.CC. The third-order valence-corrected chi connectivity index (χ3v) is 2.25. The third kappa shape index (κ3) is 54.1. The average molecular weight is 495 g/mol. The summed E-state index contributed by atoms with van der Waals surface area (Å²) in [7, 11) is 0. The Labute approximate surface area is 239 Å². The summed E-state index contributed by atoms with van der Waals surface area (Å²) in [6.45, 7) is 12.0. The molecule has 0 aromatic carbocycles. The molecule has 0 bridgehead atoms. The van der Waals surface area contributed by atoms with Crippen molar-refractivity contribution >= 4 is 0 Å². The molecule has 0 radical (unpaired) electrons. The first-order valence-electron chi connectivity index (χ1n) is 11.7. The minimum absolute atomic E-state index is 0.782. The zero-order chi connectivity index (χ0) is 29.9. The minimum atomic E-state index is 0.782. The van der Waals surface area contributed by atoms with Gasteiger partial charge in [0.05, 0.1) is 0 Å². The van der Waals surface area contributed by atoms with Crippen LogP contribution in [0.3, 0.4) is 0 Å². The van der Waals surface area contributed by atoms with Crippen LogP contribution in [0.1, 0.15) is 60.8 Å². The maximum Gasteiger partial charge on any atom is 0.00963 e. The highest BCUT2D eigenvalue weighted by molar-refractivity contribution is 5.46. The Hall–Kier alpha value is -6.60. The molecular weight excluding hydrogens is 468 g/mol. The lowest BCUT2D eigenvalue weighted by atomic mass is 10.3. The molecule has 0 spiro atoms. The van der Waals surface area contributed by atoms with Crippen LogP contribution in [0.5, 0.6) is 0 Å². The van der Waals surface area contributed by atoms with Crippen molar-refractivity contribution in [3.63, 3.8) is 0 Å². The van der Waals surface area contributed by atoms with Crippen molar-refractivity contribution in [1.29, 1.82) is 0 Å². The lowest BCUT2D eigenvalue weighted by molar-refractivity contribution is 0.983. The molecule has 182 valence electrons. The Morgan fingerprint density at radius 2 is 0.564 bits per heavy atom. The smallest absolute Gasteiger partial charge is 0.00963 e. The molecule has 0 fully saturated rings. The Kier molecular flexibility index (Phi) is 49.5. The van der Waals surface area contributed by atoms with Gasteiger partial charge in [0.15, 0.2) is 0 Å². The first-order chi connectivity index (χ1) is 19.3. The van der Waals surface area contributed by atoms with E-state index >= 15 is 0 Å². The van der Waals surface area contributed by atoms with Gasteiger partial charge in [-0.1, -0.05) is 53.4 Å². The molecule has 0 unspecified atom stereocenters. The van der Waals surface area contributed by atoms with E-state index in [1.54, 1.807) is 0 Å². The van der Waals surface area contributed by atoms with Gasteiger partial charge < -0.3 is 0 Å². The topological polar surface area (TPSA) is 0 Å². The lowest BCUT2D eigenvalue weighted by Crippen LogP contribution is -1.60. The van der Waals surface area contributed by atoms with Crippen LogP contribution in [-0.2, 0) is 0 Å². The van der Waals surface area contributed by atoms with Crippen LogP contribution in [0.15, 0.2) is 0 Å². The predicted octanol–water partition coefficient (Wildman–Crippen LogP) is 4.55. The van der Waals surface area contributed by atoms with E-state index in [0.29, 0.717) is 0 Å². The number of rotatable bonds is 1. The van der Waals surface area contributed by atoms with E-state index in [4.69, 9.17) is 12.8 Å². The molecule has 0 heterocycles. The van der Waals surface area contributed by atoms with Crippen molar-refractivity contribution < 1.29 is 0 Å². The average Bonchev–Trinajstić information content (AvgIpc) is 2.98. The summed E-state index contributed by atoms with van der Waals surface area (Å²) in [4.78, 5) is 0. The first kappa shape index (κ1) is 39.6. The molecule has 0 aliphatic rings. The molecule has 0 aromatic heterocycles. The van der Waals surface area contributed by atoms with E-state index in [9.17, 15) is 0 Å². The molecule has 0 saturated heterocycles. The number of unbranched alkanes of at least 4 members (excludes halogenated alkanes) is 1. The molecule has 39 heavy (non-hydrogen) atoms. The highest BCUT2D eigenvalue weighted by atomic mass is 13.7. The largest absolute Gasteiger partial charge is 0.106 e. The van der Waals surface area contributed by atoms with Crippen LogP contribution < -0.4 is 0 Å². The van der Waals surface area contributed by atoms with Crippen LogP contribution in [-0.4, -0.2) is 0 Å². The molecule has 0 rings (SSSR count). The summed E-state index contributed by atoms with van der Waals surface area (Å²) >= 11 is 0. The van der Waals surface area contributed by atoms with E-state index < -0.39 is 0 Å². The summed E-state index contributed by atoms with van der Waals surface area (Å²) in [5.41, 5.74) is 0. The van der Waals surface area contributed by atoms with Crippen molar-refractivity contribution in [2.75, 3.05) is 0 Å². The van der Waals surface area contributed by atoms with Gasteiger partial charge in [-0.15, -0.1) is 12.8 Å². The summed E-state index contributed by atoms with van der Waals surface area (Å²) in [5.74, 6) is 70.0. The number of hydrogen-bond donors (Lipinski definition) is 0. The van der Waals surface area contributed by atoms with E-state index in [1.807, 2.05) is 34.6 Å². The van der Waals surface area contributed by atoms with E-state index in [1.165, 1.54) is 0 Å². The molecule has 0 aliphatic heterocycles. The van der Waals surface area contributed by atoms with E-state index in [-0.39, 0.29) is 0 Å². The second-order valence-corrected chi connectivity index (χ2v) is 4.75. The molecule has 0 aliphatic carbocycles. The van der Waals surface area contributed by atoms with Crippen LogP contribution in [0, 0.1) is 179 Å². The van der Waals surface area contributed by atoms with Gasteiger partial charge in [0.25, 0.3) is 0 Å². The van der Waals surface area contributed by atoms with Crippen LogP contribution in [0.25, 0.3) is 0 Å². The van der Waals surface area contributed by atoms with E-state index in [2.05, 4.69) is 173 Å². The Bertz CT molecular complexity index is 1660. The highest BCUT2D eigenvalue weighted by Gasteiger charge is 1.66. The fourth-order valence-corrected chi connectivity index (χ4v) is 1.06. The molecule has 0 saturated carbocycles. The molecular formula is C39H26. The highest BCUT2D eigenvalue weighted by Crippen LogP contribution is 1.79. The van der Waals surface area contributed by atoms with Gasteiger partial charge in [0.2, 0.25) is 0 Å². The Balaban J connectivity index is -0.000000278. The Morgan fingerprint density at radius 3 is 0.795 bits per heavy atom. The summed E-state index contributed by atoms with van der Waals surface area (Å²) in [5, 5.41) is 0. The van der Waals surface area contributed by atoms with Gasteiger partial charge in [-0.05, 0) is 160 Å². The van der Waals surface area contributed by atoms with Gasteiger partial charge in [-0.3, -0.25) is 0 Å². The molecule has 0 N–H and O–H groups in total. The zero-order valence-corrected chi connectivity index (χ0v) is 23.3. The summed E-state index contributed by atoms with van der Waals surface area (Å²) < 4.78 is 0. The van der Waals surface area contributed by atoms with Crippen molar-refractivity contribution in [2.45, 2.75) is 60.8 Å². The minimum Gasteiger partial charge on any atom is -0.106 e. The maximum absolute atomic E-state index is 4.89. The van der Waals surface area contributed by atoms with Crippen molar-refractivity contribution in [3.8, 4) is 179 Å². The summed E-state index contributed by atoms with van der Waals surface area (Å²) in [6, 6.07) is 0. The standard InChI is InChI=1S/C18H6.C17H8.2C2H6/c1-3-5-7-9-11-13-15-17-18-16-14-12-10-8-6-4-2;1-3-5-7-9-11-13-15-17-16-14-12-10-8-6-4-2;2*1-2/h1H,4H2,2H3;1H,4,6H2,2H3;2*1-2H3. The molecule has 0 nitrogen and oxygen atoms in total. The predicted molar refractivity (Wildman–Crippen MR) is 167 cm³/mol. The van der Waals surface area contributed by atoms with Crippen LogP contribution >= 0.6 is 0 Å². The monoisotopic (exact) mass is 494 g/mol. The normalized spacial score (nSPS) is 4.31. The maximum atomic E-state index is 4.89. The second kappa shape index (κ2) is 48.7. The number of terminal acetylenes is 2. The zero-order valence-electron chi connectivity index (χ0n) is 23.3. The van der Waals surface area contributed by atoms with E-state index in [0.717, 1.165) is 19.3 Å². The third-order valence-electron chi connectivity index (χ3n) is 2.25. The lowest BCUT2D eigenvalue weighted by Gasteiger charge is -1.71. The van der Waals surface area contributed by atoms with Crippen molar-refractivity contribution in [2.24, 2.45) is 0 Å². The number of hydrogen-bond acceptors (Lipinski definition) is 0.